The van der Waals surface area contributed by atoms with Crippen molar-refractivity contribution < 1.29 is 4.79 Å². The zero-order valence-corrected chi connectivity index (χ0v) is 16.5. The summed E-state index contributed by atoms with van der Waals surface area (Å²) in [4.78, 5) is 27.1. The largest absolute Gasteiger partial charge is 0.312 e. The highest BCUT2D eigenvalue weighted by Gasteiger charge is 2.43. The molecule has 5 nitrogen and oxygen atoms in total. The minimum absolute atomic E-state index is 0.102. The van der Waals surface area contributed by atoms with Crippen LogP contribution in [0.15, 0.2) is 72.1 Å². The molecule has 0 saturated carbocycles. The smallest absolute Gasteiger partial charge is 0.181 e. The molecule has 0 unspecified atom stereocenters. The average Bonchev–Trinajstić information content (AvgIpc) is 2.76. The lowest BCUT2D eigenvalue weighted by Crippen LogP contribution is -2.52. The molecule has 1 aliphatic rings. The number of hydrogen-bond donors (Lipinski definition) is 1. The third kappa shape index (κ3) is 3.84. The molecule has 3 heterocycles. The maximum Gasteiger partial charge on any atom is 0.181 e. The summed E-state index contributed by atoms with van der Waals surface area (Å²) in [6, 6.07) is 15.6. The molecular formula is C22H22N4OS. The topological polar surface area (TPSA) is 67.8 Å². The highest BCUT2D eigenvalue weighted by atomic mass is 32.2. The van der Waals surface area contributed by atoms with Crippen LogP contribution >= 0.6 is 11.8 Å². The van der Waals surface area contributed by atoms with Crippen LogP contribution in [-0.2, 0) is 0 Å². The first-order valence-corrected chi connectivity index (χ1v) is 10.2. The molecule has 2 atom stereocenters. The number of rotatable bonds is 5. The molecule has 4 rings (SSSR count). The number of carbonyl (C=O) groups is 1. The number of nitrogens with one attached hydrogen (secondary N) is 1. The van der Waals surface area contributed by atoms with Crippen molar-refractivity contribution in [2.24, 2.45) is 0 Å². The van der Waals surface area contributed by atoms with Crippen LogP contribution < -0.4 is 5.32 Å². The van der Waals surface area contributed by atoms with Gasteiger partial charge in [0.2, 0.25) is 0 Å². The molecule has 0 aliphatic carbocycles. The van der Waals surface area contributed by atoms with Crippen LogP contribution in [0.4, 0.5) is 0 Å². The maximum atomic E-state index is 13.9. The van der Waals surface area contributed by atoms with Crippen molar-refractivity contribution in [3.63, 3.8) is 0 Å². The van der Waals surface area contributed by atoms with Crippen molar-refractivity contribution in [2.75, 3.05) is 6.54 Å². The maximum absolute atomic E-state index is 13.9. The first kappa shape index (κ1) is 18.8. The lowest BCUT2D eigenvalue weighted by molar-refractivity contribution is 0.0920. The summed E-state index contributed by atoms with van der Waals surface area (Å²) in [6.07, 6.45) is 6.91. The van der Waals surface area contributed by atoms with Crippen LogP contribution in [0.1, 0.15) is 30.1 Å². The highest BCUT2D eigenvalue weighted by Crippen LogP contribution is 2.41. The van der Waals surface area contributed by atoms with E-state index in [1.54, 1.807) is 36.4 Å². The molecular weight excluding hydrogens is 368 g/mol. The number of aromatic nitrogens is 3. The Bertz CT molecular complexity index is 941. The molecule has 1 N–H and O–H groups in total. The van der Waals surface area contributed by atoms with E-state index < -0.39 is 4.75 Å². The van der Waals surface area contributed by atoms with Gasteiger partial charge >= 0.3 is 0 Å². The Hall–Kier alpha value is -2.57. The Morgan fingerprint density at radius 1 is 1.04 bits per heavy atom. The van der Waals surface area contributed by atoms with Gasteiger partial charge in [-0.25, -0.2) is 15.0 Å². The molecule has 2 aromatic heterocycles. The number of benzene rings is 1. The molecule has 0 bridgehead atoms. The van der Waals surface area contributed by atoms with Crippen LogP contribution in [0.3, 0.4) is 0 Å². The van der Waals surface area contributed by atoms with E-state index >= 15 is 0 Å². The van der Waals surface area contributed by atoms with Crippen LogP contribution in [0, 0.1) is 0 Å². The molecule has 3 aromatic rings. The third-order valence-corrected chi connectivity index (χ3v) is 6.42. The lowest BCUT2D eigenvalue weighted by atomic mass is 9.86. The fraction of sp³-hybridized carbons (Fsp3) is 0.273. The minimum atomic E-state index is -0.605. The Labute approximate surface area is 169 Å². The lowest BCUT2D eigenvalue weighted by Gasteiger charge is -2.38. The van der Waals surface area contributed by atoms with Crippen molar-refractivity contribution in [3.05, 3.63) is 72.7 Å². The van der Waals surface area contributed by atoms with Gasteiger partial charge in [0, 0.05) is 42.3 Å². The number of pyridine rings is 1. The first-order valence-electron chi connectivity index (χ1n) is 9.43. The fourth-order valence-electron chi connectivity index (χ4n) is 3.47. The Kier molecular flexibility index (Phi) is 5.50. The van der Waals surface area contributed by atoms with Crippen molar-refractivity contribution in [2.45, 2.75) is 35.6 Å². The zero-order valence-electron chi connectivity index (χ0n) is 15.7. The van der Waals surface area contributed by atoms with Gasteiger partial charge in [0.15, 0.2) is 11.6 Å². The molecule has 0 radical (unpaired) electrons. The van der Waals surface area contributed by atoms with Crippen molar-refractivity contribution in [3.8, 4) is 11.4 Å². The normalized spacial score (nSPS) is 22.0. The second kappa shape index (κ2) is 8.20. The summed E-state index contributed by atoms with van der Waals surface area (Å²) in [7, 11) is 0. The Morgan fingerprint density at radius 2 is 1.79 bits per heavy atom. The Balaban J connectivity index is 1.75. The van der Waals surface area contributed by atoms with E-state index in [-0.39, 0.29) is 5.78 Å². The second-order valence-electron chi connectivity index (χ2n) is 7.03. The summed E-state index contributed by atoms with van der Waals surface area (Å²) in [5, 5.41) is 4.36. The van der Waals surface area contributed by atoms with E-state index in [1.165, 1.54) is 0 Å². The molecule has 6 heteroatoms. The van der Waals surface area contributed by atoms with Gasteiger partial charge < -0.3 is 5.32 Å². The van der Waals surface area contributed by atoms with Gasteiger partial charge in [-0.1, -0.05) is 42.1 Å². The quantitative estimate of drug-likeness (QED) is 0.664. The first-order chi connectivity index (χ1) is 13.7. The van der Waals surface area contributed by atoms with E-state index in [4.69, 9.17) is 0 Å². The van der Waals surface area contributed by atoms with Crippen molar-refractivity contribution >= 4 is 17.5 Å². The van der Waals surface area contributed by atoms with Gasteiger partial charge in [-0.2, -0.15) is 0 Å². The molecule has 0 amide bonds. The number of piperidine rings is 1. The summed E-state index contributed by atoms with van der Waals surface area (Å²) >= 11 is 1.56. The predicted molar refractivity (Wildman–Crippen MR) is 111 cm³/mol. The van der Waals surface area contributed by atoms with Gasteiger partial charge in [0.25, 0.3) is 0 Å². The molecule has 1 fully saturated rings. The standard InChI is InChI=1S/C22H22N4OS/c1-16-10-11-22(15-26-16,28-19-9-4-5-12-23-19)20(27)17-7-2-3-8-18(17)21-24-13-6-14-25-21/h2-9,12-14,16,26H,10-11,15H2,1H3/t16-,22-/m1/s1. The zero-order chi connectivity index (χ0) is 19.4. The molecule has 1 saturated heterocycles. The van der Waals surface area contributed by atoms with Crippen LogP contribution in [0.2, 0.25) is 0 Å². The summed E-state index contributed by atoms with van der Waals surface area (Å²) in [5.41, 5.74) is 1.43. The number of Topliss-reactive ketones (excluding diaryl/α,β-unsaturated/α-hetero) is 1. The van der Waals surface area contributed by atoms with Gasteiger partial charge in [-0.15, -0.1) is 0 Å². The van der Waals surface area contributed by atoms with Gasteiger partial charge in [-0.05, 0) is 38.0 Å². The summed E-state index contributed by atoms with van der Waals surface area (Å²) < 4.78 is -0.605. The predicted octanol–water partition coefficient (Wildman–Crippen LogP) is 4.02. The van der Waals surface area contributed by atoms with E-state index in [9.17, 15) is 4.79 Å². The summed E-state index contributed by atoms with van der Waals surface area (Å²) in [5.74, 6) is 0.673. The number of thioether (sulfide) groups is 1. The van der Waals surface area contributed by atoms with Gasteiger partial charge in [-0.3, -0.25) is 4.79 Å². The molecule has 142 valence electrons. The Morgan fingerprint density at radius 3 is 2.50 bits per heavy atom. The van der Waals surface area contributed by atoms with E-state index in [1.807, 2.05) is 42.5 Å². The van der Waals surface area contributed by atoms with E-state index in [2.05, 4.69) is 27.2 Å². The van der Waals surface area contributed by atoms with Crippen LogP contribution in [0.5, 0.6) is 0 Å². The number of nitrogens with zero attached hydrogens (tertiary/aromatic N) is 3. The van der Waals surface area contributed by atoms with Crippen LogP contribution in [-0.4, -0.2) is 38.1 Å². The monoisotopic (exact) mass is 390 g/mol. The fourth-order valence-corrected chi connectivity index (χ4v) is 4.71. The molecule has 1 aliphatic heterocycles. The highest BCUT2D eigenvalue weighted by molar-refractivity contribution is 8.01. The summed E-state index contributed by atoms with van der Waals surface area (Å²) in [6.45, 7) is 2.77. The van der Waals surface area contributed by atoms with E-state index in [0.29, 0.717) is 24.0 Å². The number of carbonyl (C=O) groups excluding carboxylic acids is 1. The molecule has 0 spiro atoms. The van der Waals surface area contributed by atoms with Gasteiger partial charge in [0.1, 0.15) is 0 Å². The van der Waals surface area contributed by atoms with E-state index in [0.717, 1.165) is 23.4 Å². The van der Waals surface area contributed by atoms with Crippen molar-refractivity contribution in [1.82, 2.24) is 20.3 Å². The second-order valence-corrected chi connectivity index (χ2v) is 8.44. The number of hydrogen-bond acceptors (Lipinski definition) is 6. The average molecular weight is 391 g/mol. The molecule has 1 aromatic carbocycles. The molecule has 28 heavy (non-hydrogen) atoms. The van der Waals surface area contributed by atoms with Crippen molar-refractivity contribution in [1.29, 1.82) is 0 Å². The SMILES string of the molecule is C[C@@H]1CC[C@](Sc2ccccn2)(C(=O)c2ccccc2-c2ncccn2)CN1. The third-order valence-electron chi connectivity index (χ3n) is 5.05. The van der Waals surface area contributed by atoms with Crippen LogP contribution in [0.25, 0.3) is 11.4 Å². The minimum Gasteiger partial charge on any atom is -0.312 e. The number of ketones is 1. The van der Waals surface area contributed by atoms with Gasteiger partial charge in [0.05, 0.1) is 9.77 Å².